The molecule has 1 atom stereocenters. The molecule has 0 aliphatic carbocycles. The highest BCUT2D eigenvalue weighted by Crippen LogP contribution is 2.18. The van der Waals surface area contributed by atoms with E-state index in [1.165, 1.54) is 5.56 Å². The molecular formula is C14H22O2. The second-order valence-corrected chi connectivity index (χ2v) is 4.70. The van der Waals surface area contributed by atoms with Gasteiger partial charge in [0.2, 0.25) is 0 Å². The number of aliphatic hydroxyl groups is 1. The maximum absolute atomic E-state index is 9.93. The molecule has 1 aromatic rings. The lowest BCUT2D eigenvalue weighted by Crippen LogP contribution is -2.38. The Labute approximate surface area is 98.3 Å². The van der Waals surface area contributed by atoms with E-state index in [0.29, 0.717) is 0 Å². The van der Waals surface area contributed by atoms with Crippen molar-refractivity contribution in [3.63, 3.8) is 0 Å². The van der Waals surface area contributed by atoms with Gasteiger partial charge in [0.1, 0.15) is 0 Å². The third-order valence-corrected chi connectivity index (χ3v) is 3.11. The number of hydrogen-bond acceptors (Lipinski definition) is 2. The number of methoxy groups -OCH3 is 1. The standard InChI is InChI=1S/C14H22O2/c1-14(2,16-3)13(15)11-7-10-12-8-5-4-6-9-12/h4-6,8-9,13,15H,7,10-11H2,1-3H3. The minimum atomic E-state index is -0.448. The molecule has 1 rings (SSSR count). The van der Waals surface area contributed by atoms with Crippen molar-refractivity contribution in [3.05, 3.63) is 35.9 Å². The zero-order valence-corrected chi connectivity index (χ0v) is 10.4. The van der Waals surface area contributed by atoms with Gasteiger partial charge in [-0.2, -0.15) is 0 Å². The van der Waals surface area contributed by atoms with E-state index in [-0.39, 0.29) is 0 Å². The van der Waals surface area contributed by atoms with E-state index in [1.54, 1.807) is 7.11 Å². The van der Waals surface area contributed by atoms with Gasteiger partial charge in [-0.25, -0.2) is 0 Å². The molecular weight excluding hydrogens is 200 g/mol. The Morgan fingerprint density at radius 1 is 1.25 bits per heavy atom. The average molecular weight is 222 g/mol. The maximum atomic E-state index is 9.93. The highest BCUT2D eigenvalue weighted by Gasteiger charge is 2.26. The minimum Gasteiger partial charge on any atom is -0.390 e. The molecule has 90 valence electrons. The van der Waals surface area contributed by atoms with E-state index in [0.717, 1.165) is 19.3 Å². The van der Waals surface area contributed by atoms with Crippen LogP contribution >= 0.6 is 0 Å². The van der Waals surface area contributed by atoms with Crippen LogP contribution in [-0.2, 0) is 11.2 Å². The number of benzene rings is 1. The van der Waals surface area contributed by atoms with E-state index in [2.05, 4.69) is 12.1 Å². The van der Waals surface area contributed by atoms with Crippen molar-refractivity contribution in [1.82, 2.24) is 0 Å². The molecule has 0 aliphatic rings. The number of rotatable bonds is 6. The Morgan fingerprint density at radius 3 is 2.44 bits per heavy atom. The van der Waals surface area contributed by atoms with Gasteiger partial charge in [-0.3, -0.25) is 0 Å². The van der Waals surface area contributed by atoms with Gasteiger partial charge >= 0.3 is 0 Å². The van der Waals surface area contributed by atoms with Crippen molar-refractivity contribution in [2.24, 2.45) is 0 Å². The summed E-state index contributed by atoms with van der Waals surface area (Å²) in [5, 5.41) is 9.93. The van der Waals surface area contributed by atoms with Crippen LogP contribution in [0.1, 0.15) is 32.3 Å². The maximum Gasteiger partial charge on any atom is 0.0880 e. The van der Waals surface area contributed by atoms with Gasteiger partial charge in [0.05, 0.1) is 11.7 Å². The summed E-state index contributed by atoms with van der Waals surface area (Å²) in [6.07, 6.45) is 2.37. The molecule has 0 heterocycles. The van der Waals surface area contributed by atoms with Crippen LogP contribution in [0.2, 0.25) is 0 Å². The first kappa shape index (κ1) is 13.2. The predicted octanol–water partition coefficient (Wildman–Crippen LogP) is 2.80. The smallest absolute Gasteiger partial charge is 0.0880 e. The first-order valence-corrected chi connectivity index (χ1v) is 5.83. The van der Waals surface area contributed by atoms with Crippen LogP contribution in [0, 0.1) is 0 Å². The number of aliphatic hydroxyl groups excluding tert-OH is 1. The summed E-state index contributed by atoms with van der Waals surface area (Å²) in [6, 6.07) is 10.4. The molecule has 2 heteroatoms. The SMILES string of the molecule is COC(C)(C)C(O)CCCc1ccccc1. The molecule has 1 aromatic carbocycles. The fraction of sp³-hybridized carbons (Fsp3) is 0.571. The van der Waals surface area contributed by atoms with Crippen molar-refractivity contribution in [3.8, 4) is 0 Å². The second-order valence-electron chi connectivity index (χ2n) is 4.70. The van der Waals surface area contributed by atoms with Crippen LogP contribution < -0.4 is 0 Å². The molecule has 1 N–H and O–H groups in total. The number of hydrogen-bond donors (Lipinski definition) is 1. The molecule has 0 saturated heterocycles. The van der Waals surface area contributed by atoms with Crippen LogP contribution in [0.25, 0.3) is 0 Å². The predicted molar refractivity (Wildman–Crippen MR) is 66.5 cm³/mol. The van der Waals surface area contributed by atoms with Gasteiger partial charge in [0.25, 0.3) is 0 Å². The molecule has 0 fully saturated rings. The Hall–Kier alpha value is -0.860. The molecule has 0 bridgehead atoms. The van der Waals surface area contributed by atoms with Gasteiger partial charge in [-0.15, -0.1) is 0 Å². The fourth-order valence-electron chi connectivity index (χ4n) is 1.63. The van der Waals surface area contributed by atoms with Gasteiger partial charge in [0.15, 0.2) is 0 Å². The fourth-order valence-corrected chi connectivity index (χ4v) is 1.63. The minimum absolute atomic E-state index is 0.402. The van der Waals surface area contributed by atoms with Crippen LogP contribution in [0.15, 0.2) is 30.3 Å². The molecule has 0 spiro atoms. The van der Waals surface area contributed by atoms with E-state index in [9.17, 15) is 5.11 Å². The van der Waals surface area contributed by atoms with Gasteiger partial charge in [-0.1, -0.05) is 30.3 Å². The van der Waals surface area contributed by atoms with E-state index < -0.39 is 11.7 Å². The Balaban J connectivity index is 2.31. The summed E-state index contributed by atoms with van der Waals surface area (Å²) in [7, 11) is 1.64. The summed E-state index contributed by atoms with van der Waals surface area (Å²) < 4.78 is 5.25. The van der Waals surface area contributed by atoms with Crippen LogP contribution in [0.5, 0.6) is 0 Å². The van der Waals surface area contributed by atoms with E-state index in [1.807, 2.05) is 32.0 Å². The van der Waals surface area contributed by atoms with Crippen LogP contribution in [0.3, 0.4) is 0 Å². The molecule has 0 saturated carbocycles. The van der Waals surface area contributed by atoms with E-state index in [4.69, 9.17) is 4.74 Å². The lowest BCUT2D eigenvalue weighted by molar-refractivity contribution is -0.0805. The highest BCUT2D eigenvalue weighted by molar-refractivity contribution is 5.14. The molecule has 16 heavy (non-hydrogen) atoms. The zero-order chi connectivity index (χ0) is 12.0. The topological polar surface area (TPSA) is 29.5 Å². The summed E-state index contributed by atoms with van der Waals surface area (Å²) in [4.78, 5) is 0. The highest BCUT2D eigenvalue weighted by atomic mass is 16.5. The van der Waals surface area contributed by atoms with Crippen molar-refractivity contribution >= 4 is 0 Å². The van der Waals surface area contributed by atoms with E-state index >= 15 is 0 Å². The summed E-state index contributed by atoms with van der Waals surface area (Å²) in [5.74, 6) is 0. The molecule has 0 radical (unpaired) electrons. The first-order chi connectivity index (χ1) is 7.56. The monoisotopic (exact) mass is 222 g/mol. The van der Waals surface area contributed by atoms with Crippen LogP contribution in [0.4, 0.5) is 0 Å². The van der Waals surface area contributed by atoms with Crippen LogP contribution in [-0.4, -0.2) is 23.9 Å². The molecule has 0 aliphatic heterocycles. The third-order valence-electron chi connectivity index (χ3n) is 3.11. The summed E-state index contributed by atoms with van der Waals surface area (Å²) >= 11 is 0. The number of aryl methyl sites for hydroxylation is 1. The largest absolute Gasteiger partial charge is 0.390 e. The van der Waals surface area contributed by atoms with Gasteiger partial charge in [0, 0.05) is 7.11 Å². The molecule has 1 unspecified atom stereocenters. The molecule has 2 nitrogen and oxygen atoms in total. The normalized spacial score (nSPS) is 13.8. The quantitative estimate of drug-likeness (QED) is 0.802. The number of ether oxygens (including phenoxy) is 1. The third kappa shape index (κ3) is 3.95. The summed E-state index contributed by atoms with van der Waals surface area (Å²) in [6.45, 7) is 3.83. The lowest BCUT2D eigenvalue weighted by Gasteiger charge is -2.29. The van der Waals surface area contributed by atoms with Crippen molar-refractivity contribution < 1.29 is 9.84 Å². The first-order valence-electron chi connectivity index (χ1n) is 5.83. The zero-order valence-electron chi connectivity index (χ0n) is 10.4. The average Bonchev–Trinajstić information content (AvgIpc) is 2.30. The molecule has 0 aromatic heterocycles. The van der Waals surface area contributed by atoms with Gasteiger partial charge < -0.3 is 9.84 Å². The summed E-state index contributed by atoms with van der Waals surface area (Å²) in [5.41, 5.74) is 0.876. The van der Waals surface area contributed by atoms with Gasteiger partial charge in [-0.05, 0) is 38.7 Å². The lowest BCUT2D eigenvalue weighted by atomic mass is 9.95. The van der Waals surface area contributed by atoms with Crippen molar-refractivity contribution in [2.45, 2.75) is 44.8 Å². The van der Waals surface area contributed by atoms with Crippen molar-refractivity contribution in [1.29, 1.82) is 0 Å². The Morgan fingerprint density at radius 2 is 1.88 bits per heavy atom. The second kappa shape index (κ2) is 6.02. The molecule has 0 amide bonds. The van der Waals surface area contributed by atoms with Crippen molar-refractivity contribution in [2.75, 3.05) is 7.11 Å². The Bertz CT molecular complexity index is 293. The Kier molecular flexibility index (Phi) is 4.97.